The molecule has 6 heteroatoms. The van der Waals surface area contributed by atoms with Crippen LogP contribution in [-0.2, 0) is 9.84 Å². The third-order valence-corrected chi connectivity index (χ3v) is 5.36. The molecule has 0 aliphatic carbocycles. The minimum Gasteiger partial charge on any atom is -0.497 e. The van der Waals surface area contributed by atoms with E-state index >= 15 is 0 Å². The summed E-state index contributed by atoms with van der Waals surface area (Å²) in [6, 6.07) is 6.84. The minimum atomic E-state index is -2.94. The van der Waals surface area contributed by atoms with Crippen molar-refractivity contribution in [3.63, 3.8) is 0 Å². The summed E-state index contributed by atoms with van der Waals surface area (Å²) in [5, 5.41) is 0. The molecule has 0 saturated carbocycles. The lowest BCUT2D eigenvalue weighted by molar-refractivity contribution is 0.0908. The van der Waals surface area contributed by atoms with Crippen molar-refractivity contribution in [1.29, 1.82) is 0 Å². The lowest BCUT2D eigenvalue weighted by atomic mass is 10.1. The molecule has 0 bridgehead atoms. The lowest BCUT2D eigenvalue weighted by Gasteiger charge is -2.32. The number of carbonyl (C=O) groups excluding carboxylic acids is 1. The Bertz CT molecular complexity index is 580. The monoisotopic (exact) mass is 297 g/mol. The topological polar surface area (TPSA) is 63.7 Å². The number of sulfone groups is 1. The van der Waals surface area contributed by atoms with Gasteiger partial charge in [-0.2, -0.15) is 0 Å². The number of nitrogens with zero attached hydrogens (tertiary/aromatic N) is 1. The van der Waals surface area contributed by atoms with E-state index in [1.165, 1.54) is 0 Å². The Morgan fingerprint density at radius 3 is 2.55 bits per heavy atom. The molecule has 1 heterocycles. The van der Waals surface area contributed by atoms with E-state index in [0.29, 0.717) is 17.9 Å². The van der Waals surface area contributed by atoms with Crippen LogP contribution in [0.25, 0.3) is 0 Å². The first-order valence-electron chi connectivity index (χ1n) is 6.53. The highest BCUT2D eigenvalue weighted by Crippen LogP contribution is 2.15. The number of hydrogen-bond acceptors (Lipinski definition) is 5. The molecule has 2 rings (SSSR count). The summed E-state index contributed by atoms with van der Waals surface area (Å²) >= 11 is 0. The van der Waals surface area contributed by atoms with E-state index in [4.69, 9.17) is 4.74 Å². The molecule has 0 spiro atoms. The minimum absolute atomic E-state index is 0.00111. The maximum absolute atomic E-state index is 12.2. The van der Waals surface area contributed by atoms with Crippen molar-refractivity contribution in [2.24, 2.45) is 0 Å². The van der Waals surface area contributed by atoms with Crippen LogP contribution in [0.15, 0.2) is 24.3 Å². The number of carbonyl (C=O) groups is 1. The molecule has 110 valence electrons. The van der Waals surface area contributed by atoms with Gasteiger partial charge < -0.3 is 4.74 Å². The molecule has 1 aromatic rings. The SMILES string of the molecule is COc1ccc(C(=O)CN2CCS(=O)(=O)CC2C)cc1. The highest BCUT2D eigenvalue weighted by molar-refractivity contribution is 7.91. The molecule has 5 nitrogen and oxygen atoms in total. The van der Waals surface area contributed by atoms with Gasteiger partial charge in [0, 0.05) is 18.2 Å². The summed E-state index contributed by atoms with van der Waals surface area (Å²) in [5.41, 5.74) is 0.617. The van der Waals surface area contributed by atoms with Gasteiger partial charge in [0.2, 0.25) is 0 Å². The fourth-order valence-electron chi connectivity index (χ4n) is 2.32. The first-order chi connectivity index (χ1) is 9.41. The average molecular weight is 297 g/mol. The van der Waals surface area contributed by atoms with Crippen LogP contribution in [0.3, 0.4) is 0 Å². The third kappa shape index (κ3) is 3.58. The molecule has 1 atom stereocenters. The second kappa shape index (κ2) is 5.93. The Kier molecular flexibility index (Phi) is 4.45. The van der Waals surface area contributed by atoms with Gasteiger partial charge in [-0.1, -0.05) is 0 Å². The first kappa shape index (κ1) is 15.0. The Morgan fingerprint density at radius 2 is 2.00 bits per heavy atom. The van der Waals surface area contributed by atoms with Crippen LogP contribution in [0.4, 0.5) is 0 Å². The summed E-state index contributed by atoms with van der Waals surface area (Å²) < 4.78 is 28.1. The van der Waals surface area contributed by atoms with Gasteiger partial charge in [-0.15, -0.1) is 0 Å². The van der Waals surface area contributed by atoms with Crippen molar-refractivity contribution in [2.45, 2.75) is 13.0 Å². The smallest absolute Gasteiger partial charge is 0.176 e. The van der Waals surface area contributed by atoms with Gasteiger partial charge in [-0.3, -0.25) is 9.69 Å². The number of methoxy groups -OCH3 is 1. The van der Waals surface area contributed by atoms with Crippen molar-refractivity contribution >= 4 is 15.6 Å². The van der Waals surface area contributed by atoms with E-state index in [1.807, 2.05) is 11.8 Å². The highest BCUT2D eigenvalue weighted by Gasteiger charge is 2.29. The van der Waals surface area contributed by atoms with Crippen LogP contribution in [0, 0.1) is 0 Å². The third-order valence-electron chi connectivity index (χ3n) is 3.57. The van der Waals surface area contributed by atoms with Gasteiger partial charge in [0.25, 0.3) is 0 Å². The molecule has 0 amide bonds. The van der Waals surface area contributed by atoms with Gasteiger partial charge in [-0.05, 0) is 31.2 Å². The number of benzene rings is 1. The Labute approximate surface area is 119 Å². The number of rotatable bonds is 4. The number of ether oxygens (including phenoxy) is 1. The fourth-order valence-corrected chi connectivity index (χ4v) is 3.95. The molecule has 0 radical (unpaired) electrons. The van der Waals surface area contributed by atoms with E-state index in [1.54, 1.807) is 31.4 Å². The maximum Gasteiger partial charge on any atom is 0.176 e. The standard InChI is InChI=1S/C14H19NO4S/c1-11-10-20(17,18)8-7-15(11)9-14(16)12-3-5-13(19-2)6-4-12/h3-6,11H,7-10H2,1-2H3. The lowest BCUT2D eigenvalue weighted by Crippen LogP contribution is -2.48. The quantitative estimate of drug-likeness (QED) is 0.776. The van der Waals surface area contributed by atoms with E-state index in [0.717, 1.165) is 0 Å². The highest BCUT2D eigenvalue weighted by atomic mass is 32.2. The van der Waals surface area contributed by atoms with Crippen molar-refractivity contribution in [2.75, 3.05) is 31.7 Å². The molecule has 1 unspecified atom stereocenters. The van der Waals surface area contributed by atoms with Crippen molar-refractivity contribution in [3.8, 4) is 5.75 Å². The molecule has 1 aliphatic rings. The van der Waals surface area contributed by atoms with Gasteiger partial charge >= 0.3 is 0 Å². The maximum atomic E-state index is 12.2. The fraction of sp³-hybridized carbons (Fsp3) is 0.500. The Morgan fingerprint density at radius 1 is 1.35 bits per heavy atom. The molecule has 0 aromatic heterocycles. The van der Waals surface area contributed by atoms with Crippen molar-refractivity contribution < 1.29 is 17.9 Å². The van der Waals surface area contributed by atoms with E-state index in [-0.39, 0.29) is 29.9 Å². The van der Waals surface area contributed by atoms with Crippen LogP contribution < -0.4 is 4.74 Å². The molecule has 1 aromatic carbocycles. The van der Waals surface area contributed by atoms with Crippen LogP contribution in [0.2, 0.25) is 0 Å². The van der Waals surface area contributed by atoms with Crippen LogP contribution >= 0.6 is 0 Å². The number of Topliss-reactive ketones (excluding diaryl/α,β-unsaturated/α-hetero) is 1. The Hall–Kier alpha value is -1.40. The Balaban J connectivity index is 2.00. The van der Waals surface area contributed by atoms with Crippen molar-refractivity contribution in [3.05, 3.63) is 29.8 Å². The van der Waals surface area contributed by atoms with E-state index in [2.05, 4.69) is 0 Å². The largest absolute Gasteiger partial charge is 0.497 e. The van der Waals surface area contributed by atoms with Crippen molar-refractivity contribution in [1.82, 2.24) is 4.90 Å². The molecule has 1 fully saturated rings. The van der Waals surface area contributed by atoms with Crippen LogP contribution in [-0.4, -0.2) is 56.8 Å². The number of hydrogen-bond donors (Lipinski definition) is 0. The average Bonchev–Trinajstić information content (AvgIpc) is 2.41. The number of ketones is 1. The zero-order valence-corrected chi connectivity index (χ0v) is 12.5. The summed E-state index contributed by atoms with van der Waals surface area (Å²) in [6.45, 7) is 2.52. The summed E-state index contributed by atoms with van der Waals surface area (Å²) in [5.74, 6) is 0.966. The zero-order chi connectivity index (χ0) is 14.8. The summed E-state index contributed by atoms with van der Waals surface area (Å²) in [4.78, 5) is 14.1. The van der Waals surface area contributed by atoms with Crippen LogP contribution in [0.5, 0.6) is 5.75 Å². The van der Waals surface area contributed by atoms with Gasteiger partial charge in [0.15, 0.2) is 15.6 Å². The van der Waals surface area contributed by atoms with E-state index in [9.17, 15) is 13.2 Å². The predicted molar refractivity (Wildman–Crippen MR) is 77.0 cm³/mol. The second-order valence-electron chi connectivity index (χ2n) is 5.09. The van der Waals surface area contributed by atoms with Gasteiger partial charge in [-0.25, -0.2) is 8.42 Å². The molecule has 20 heavy (non-hydrogen) atoms. The van der Waals surface area contributed by atoms with Gasteiger partial charge in [0.05, 0.1) is 25.2 Å². The second-order valence-corrected chi connectivity index (χ2v) is 7.31. The first-order valence-corrected chi connectivity index (χ1v) is 8.35. The van der Waals surface area contributed by atoms with Crippen LogP contribution in [0.1, 0.15) is 17.3 Å². The van der Waals surface area contributed by atoms with E-state index < -0.39 is 9.84 Å². The van der Waals surface area contributed by atoms with Gasteiger partial charge in [0.1, 0.15) is 5.75 Å². The summed E-state index contributed by atoms with van der Waals surface area (Å²) in [7, 11) is -1.37. The summed E-state index contributed by atoms with van der Waals surface area (Å²) in [6.07, 6.45) is 0. The predicted octanol–water partition coefficient (Wildman–Crippen LogP) is 0.997. The molecule has 0 N–H and O–H groups in total. The molecule has 1 saturated heterocycles. The molecular formula is C14H19NO4S. The molecular weight excluding hydrogens is 278 g/mol. The zero-order valence-electron chi connectivity index (χ0n) is 11.7. The molecule has 1 aliphatic heterocycles. The normalized spacial score (nSPS) is 22.4.